The van der Waals surface area contributed by atoms with Crippen molar-refractivity contribution in [3.8, 4) is 0 Å². The SMILES string of the molecule is CC(C)=CCC/C=C/CC/C(C)=C/CC/C(C)=C/COP(=O)(O)OP(=O)(O)O. The summed E-state index contributed by atoms with van der Waals surface area (Å²) in [7, 11) is -9.84. The van der Waals surface area contributed by atoms with Gasteiger partial charge < -0.3 is 14.7 Å². The summed E-state index contributed by atoms with van der Waals surface area (Å²) >= 11 is 0. The summed E-state index contributed by atoms with van der Waals surface area (Å²) in [6.45, 7) is 7.90. The van der Waals surface area contributed by atoms with Crippen LogP contribution in [0.5, 0.6) is 0 Å². The largest absolute Gasteiger partial charge is 0.481 e. The normalized spacial score (nSPS) is 15.7. The Balaban J connectivity index is 4.07. The van der Waals surface area contributed by atoms with E-state index in [1.165, 1.54) is 11.1 Å². The number of hydrogen-bond acceptors (Lipinski definition) is 4. The first-order valence-electron chi connectivity index (χ1n) is 9.25. The zero-order chi connectivity index (χ0) is 21.6. The van der Waals surface area contributed by atoms with Gasteiger partial charge in [-0.15, -0.1) is 0 Å². The molecule has 0 bridgehead atoms. The van der Waals surface area contributed by atoms with Crippen molar-refractivity contribution in [2.24, 2.45) is 0 Å². The van der Waals surface area contributed by atoms with Crippen LogP contribution < -0.4 is 0 Å². The molecule has 1 atom stereocenters. The Morgan fingerprint density at radius 2 is 1.36 bits per heavy atom. The van der Waals surface area contributed by atoms with Gasteiger partial charge in [-0.1, -0.05) is 47.1 Å². The Morgan fingerprint density at radius 1 is 0.786 bits per heavy atom. The van der Waals surface area contributed by atoms with Gasteiger partial charge in [0, 0.05) is 0 Å². The fourth-order valence-corrected chi connectivity index (χ4v) is 3.72. The van der Waals surface area contributed by atoms with Crippen LogP contribution in [0.3, 0.4) is 0 Å². The molecule has 0 saturated carbocycles. The van der Waals surface area contributed by atoms with E-state index in [4.69, 9.17) is 14.7 Å². The lowest BCUT2D eigenvalue weighted by Crippen LogP contribution is -1.94. The second kappa shape index (κ2) is 14.2. The maximum absolute atomic E-state index is 11.3. The maximum atomic E-state index is 11.3. The molecule has 1 unspecified atom stereocenters. The Labute approximate surface area is 168 Å². The predicted molar refractivity (Wildman–Crippen MR) is 113 cm³/mol. The van der Waals surface area contributed by atoms with Crippen LogP contribution in [-0.2, 0) is 18.0 Å². The van der Waals surface area contributed by atoms with Crippen molar-refractivity contribution in [1.82, 2.24) is 0 Å². The van der Waals surface area contributed by atoms with Gasteiger partial charge in [-0.3, -0.25) is 4.52 Å². The lowest BCUT2D eigenvalue weighted by atomic mass is 10.1. The Morgan fingerprint density at radius 3 is 1.96 bits per heavy atom. The molecule has 0 radical (unpaired) electrons. The van der Waals surface area contributed by atoms with Crippen LogP contribution in [-0.4, -0.2) is 21.3 Å². The van der Waals surface area contributed by atoms with E-state index in [9.17, 15) is 9.13 Å². The van der Waals surface area contributed by atoms with Gasteiger partial charge in [0.1, 0.15) is 0 Å². The van der Waals surface area contributed by atoms with Gasteiger partial charge in [0.15, 0.2) is 0 Å². The van der Waals surface area contributed by atoms with Gasteiger partial charge in [-0.25, -0.2) is 9.13 Å². The quantitative estimate of drug-likeness (QED) is 0.175. The van der Waals surface area contributed by atoms with Crippen molar-refractivity contribution < 1.29 is 32.6 Å². The van der Waals surface area contributed by atoms with E-state index in [1.54, 1.807) is 6.08 Å². The van der Waals surface area contributed by atoms with E-state index in [-0.39, 0.29) is 6.61 Å². The van der Waals surface area contributed by atoms with E-state index in [1.807, 2.05) is 6.92 Å². The van der Waals surface area contributed by atoms with Gasteiger partial charge in [0.05, 0.1) is 6.61 Å². The number of phosphoric acid groups is 2. The minimum atomic E-state index is -5.08. The Hall–Kier alpha value is -0.780. The van der Waals surface area contributed by atoms with Gasteiger partial charge in [-0.05, 0) is 66.2 Å². The third kappa shape index (κ3) is 18.6. The molecule has 9 heteroatoms. The summed E-state index contributed by atoms with van der Waals surface area (Å²) < 4.78 is 30.1. The monoisotopic (exact) mass is 436 g/mol. The number of rotatable bonds is 14. The average Bonchev–Trinajstić information content (AvgIpc) is 2.51. The molecule has 0 aromatic rings. The number of hydrogen-bond donors (Lipinski definition) is 3. The first-order valence-corrected chi connectivity index (χ1v) is 12.3. The summed E-state index contributed by atoms with van der Waals surface area (Å²) in [6.07, 6.45) is 16.2. The van der Waals surface area contributed by atoms with E-state index >= 15 is 0 Å². The van der Waals surface area contributed by atoms with Crippen LogP contribution in [0, 0.1) is 0 Å². The lowest BCUT2D eigenvalue weighted by Gasteiger charge is -2.11. The van der Waals surface area contributed by atoms with E-state index < -0.39 is 15.6 Å². The first kappa shape index (κ1) is 27.2. The number of unbranched alkanes of at least 4 members (excludes halogenated alkanes) is 1. The molecule has 162 valence electrons. The Kier molecular flexibility index (Phi) is 13.8. The van der Waals surface area contributed by atoms with Crippen molar-refractivity contribution in [1.29, 1.82) is 0 Å². The van der Waals surface area contributed by atoms with Crippen molar-refractivity contribution in [2.75, 3.05) is 6.61 Å². The molecule has 0 heterocycles. The molecular formula is C19H34O7P2. The van der Waals surface area contributed by atoms with Crippen molar-refractivity contribution >= 4 is 15.6 Å². The van der Waals surface area contributed by atoms with Gasteiger partial charge in [0.25, 0.3) is 0 Å². The molecule has 0 spiro atoms. The molecule has 0 amide bonds. The van der Waals surface area contributed by atoms with Crippen LogP contribution in [0.4, 0.5) is 0 Å². The second-order valence-electron chi connectivity index (χ2n) is 6.85. The number of allylic oxidation sites excluding steroid dienone is 7. The Bertz CT molecular complexity index is 668. The zero-order valence-corrected chi connectivity index (χ0v) is 19.0. The lowest BCUT2D eigenvalue weighted by molar-refractivity contribution is 0.191. The summed E-state index contributed by atoms with van der Waals surface area (Å²) in [5.74, 6) is 0. The van der Waals surface area contributed by atoms with E-state index in [0.717, 1.165) is 44.1 Å². The highest BCUT2D eigenvalue weighted by Gasteiger charge is 2.31. The van der Waals surface area contributed by atoms with Crippen LogP contribution in [0.15, 0.2) is 47.1 Å². The fraction of sp³-hybridized carbons (Fsp3) is 0.579. The third-order valence-electron chi connectivity index (χ3n) is 3.67. The molecule has 0 aliphatic rings. The summed E-state index contributed by atoms with van der Waals surface area (Å²) in [5.41, 5.74) is 3.61. The first-order chi connectivity index (χ1) is 12.9. The molecule has 28 heavy (non-hydrogen) atoms. The van der Waals surface area contributed by atoms with Crippen LogP contribution in [0.25, 0.3) is 0 Å². The van der Waals surface area contributed by atoms with E-state index in [2.05, 4.69) is 53.9 Å². The van der Waals surface area contributed by atoms with Gasteiger partial charge in [-0.2, -0.15) is 4.31 Å². The van der Waals surface area contributed by atoms with Crippen LogP contribution in [0.1, 0.15) is 66.2 Å². The zero-order valence-electron chi connectivity index (χ0n) is 17.2. The summed E-state index contributed by atoms with van der Waals surface area (Å²) in [5, 5.41) is 0. The minimum Gasteiger partial charge on any atom is -0.302 e. The molecule has 0 fully saturated rings. The van der Waals surface area contributed by atoms with Crippen molar-refractivity contribution in [3.05, 3.63) is 47.1 Å². The van der Waals surface area contributed by atoms with Crippen molar-refractivity contribution in [2.45, 2.75) is 66.2 Å². The van der Waals surface area contributed by atoms with Gasteiger partial charge >= 0.3 is 15.6 Å². The van der Waals surface area contributed by atoms with Crippen LogP contribution in [0.2, 0.25) is 0 Å². The molecule has 7 nitrogen and oxygen atoms in total. The molecule has 0 saturated heterocycles. The van der Waals surface area contributed by atoms with Crippen LogP contribution >= 0.6 is 15.6 Å². The third-order valence-corrected chi connectivity index (χ3v) is 5.82. The highest BCUT2D eigenvalue weighted by atomic mass is 31.3. The van der Waals surface area contributed by atoms with E-state index in [0.29, 0.717) is 0 Å². The molecule has 0 aliphatic heterocycles. The molecule has 0 aromatic heterocycles. The predicted octanol–water partition coefficient (Wildman–Crippen LogP) is 5.97. The highest BCUT2D eigenvalue weighted by Crippen LogP contribution is 2.57. The standard InChI is InChI=1S/C19H34O7P2/c1-17(2)11-8-6-5-7-9-12-18(3)13-10-14-19(4)15-16-25-28(23,24)26-27(20,21)22/h5,7,11,13,15H,6,8-10,12,14,16H2,1-4H3,(H,23,24)(H2,20,21,22)/b7-5+,18-13+,19-15+. The second-order valence-corrected chi connectivity index (χ2v) is 9.67. The smallest absolute Gasteiger partial charge is 0.302 e. The molecular weight excluding hydrogens is 402 g/mol. The van der Waals surface area contributed by atoms with Gasteiger partial charge in [0.2, 0.25) is 0 Å². The fourth-order valence-electron chi connectivity index (χ4n) is 2.20. The average molecular weight is 436 g/mol. The molecule has 0 aromatic carbocycles. The minimum absolute atomic E-state index is 0.264. The summed E-state index contributed by atoms with van der Waals surface area (Å²) in [4.78, 5) is 26.2. The molecule has 3 N–H and O–H groups in total. The van der Waals surface area contributed by atoms with Crippen molar-refractivity contribution in [3.63, 3.8) is 0 Å². The summed E-state index contributed by atoms with van der Waals surface area (Å²) in [6, 6.07) is 0. The maximum Gasteiger partial charge on any atom is 0.481 e. The molecule has 0 aliphatic carbocycles. The molecule has 0 rings (SSSR count). The topological polar surface area (TPSA) is 113 Å². The number of phosphoric ester groups is 1. The highest BCUT2D eigenvalue weighted by molar-refractivity contribution is 7.60.